The van der Waals surface area contributed by atoms with Crippen LogP contribution in [0.4, 0.5) is 5.69 Å². The van der Waals surface area contributed by atoms with Gasteiger partial charge in [-0.05, 0) is 43.5 Å². The highest BCUT2D eigenvalue weighted by molar-refractivity contribution is 6.42. The number of amides is 2. The van der Waals surface area contributed by atoms with E-state index in [9.17, 15) is 9.59 Å². The summed E-state index contributed by atoms with van der Waals surface area (Å²) in [6.45, 7) is 4.32. The molecule has 10 heteroatoms. The number of piperidine rings is 1. The fraction of sp³-hybridized carbons (Fsp3) is 0.500. The topological polar surface area (TPSA) is 98.0 Å². The zero-order valence-electron chi connectivity index (χ0n) is 20.5. The molecule has 1 aromatic heterocycles. The van der Waals surface area contributed by atoms with E-state index in [1.807, 2.05) is 24.0 Å². The van der Waals surface area contributed by atoms with Crippen LogP contribution in [0, 0.1) is 11.8 Å². The minimum atomic E-state index is -0.216. The zero-order valence-corrected chi connectivity index (χ0v) is 22.0. The lowest BCUT2D eigenvalue weighted by atomic mass is 9.86. The van der Waals surface area contributed by atoms with Crippen LogP contribution in [-0.2, 0) is 14.3 Å². The number of methoxy groups -OCH3 is 1. The highest BCUT2D eigenvalue weighted by Crippen LogP contribution is 2.39. The second-order valence-electron chi connectivity index (χ2n) is 9.53. The van der Waals surface area contributed by atoms with Crippen LogP contribution < -0.4 is 10.5 Å². The lowest BCUT2D eigenvalue weighted by Gasteiger charge is -2.33. The van der Waals surface area contributed by atoms with Crippen LogP contribution in [0.1, 0.15) is 31.2 Å². The monoisotopic (exact) mass is 534 g/mol. The van der Waals surface area contributed by atoms with Crippen LogP contribution in [0.5, 0.6) is 5.88 Å². The minimum Gasteiger partial charge on any atom is -0.474 e. The molecule has 3 atom stereocenters. The van der Waals surface area contributed by atoms with Crippen LogP contribution in [0.2, 0.25) is 10.0 Å². The lowest BCUT2D eigenvalue weighted by Crippen LogP contribution is -2.45. The van der Waals surface area contributed by atoms with Crippen LogP contribution in [0.3, 0.4) is 0 Å². The van der Waals surface area contributed by atoms with Crippen molar-refractivity contribution < 1.29 is 19.1 Å². The van der Waals surface area contributed by atoms with Gasteiger partial charge in [0.25, 0.3) is 0 Å². The molecule has 8 nitrogen and oxygen atoms in total. The third-order valence-electron chi connectivity index (χ3n) is 7.18. The van der Waals surface area contributed by atoms with Gasteiger partial charge in [-0.15, -0.1) is 0 Å². The molecule has 4 rings (SSSR count). The molecule has 1 unspecified atom stereocenters. The summed E-state index contributed by atoms with van der Waals surface area (Å²) in [5, 5.41) is 0.979. The number of hydrogen-bond acceptors (Lipinski definition) is 6. The third kappa shape index (κ3) is 6.05. The first-order valence-corrected chi connectivity index (χ1v) is 12.9. The van der Waals surface area contributed by atoms with Gasteiger partial charge >= 0.3 is 0 Å². The van der Waals surface area contributed by atoms with E-state index in [0.717, 1.165) is 5.56 Å². The molecule has 36 heavy (non-hydrogen) atoms. The normalized spacial score (nSPS) is 21.4. The van der Waals surface area contributed by atoms with Gasteiger partial charge in [0.15, 0.2) is 0 Å². The number of aromatic nitrogens is 1. The molecule has 2 fully saturated rings. The summed E-state index contributed by atoms with van der Waals surface area (Å²) in [4.78, 5) is 33.7. The molecular weight excluding hydrogens is 503 g/mol. The molecular formula is C26H32Cl2N4O4. The Kier molecular flexibility index (Phi) is 8.59. The van der Waals surface area contributed by atoms with E-state index in [4.69, 9.17) is 38.4 Å². The van der Waals surface area contributed by atoms with E-state index < -0.39 is 0 Å². The van der Waals surface area contributed by atoms with Crippen LogP contribution in [0.25, 0.3) is 0 Å². The molecule has 2 aliphatic heterocycles. The summed E-state index contributed by atoms with van der Waals surface area (Å²) in [6, 6.07) is 9.13. The molecule has 0 spiro atoms. The molecule has 0 saturated carbocycles. The average Bonchev–Trinajstić information content (AvgIpc) is 3.32. The van der Waals surface area contributed by atoms with Gasteiger partial charge in [-0.3, -0.25) is 9.59 Å². The van der Waals surface area contributed by atoms with Crippen molar-refractivity contribution in [3.8, 4) is 5.88 Å². The Bertz CT molecular complexity index is 1080. The number of carbonyl (C=O) groups excluding carboxylic acids is 2. The Morgan fingerprint density at radius 1 is 1.11 bits per heavy atom. The second-order valence-corrected chi connectivity index (χ2v) is 10.3. The number of halogens is 2. The van der Waals surface area contributed by atoms with Gasteiger partial charge in [0.2, 0.25) is 17.7 Å². The number of rotatable bonds is 7. The minimum absolute atomic E-state index is 0.0221. The number of pyridine rings is 1. The van der Waals surface area contributed by atoms with Crippen molar-refractivity contribution in [1.29, 1.82) is 0 Å². The average molecular weight is 535 g/mol. The number of nitrogen functional groups attached to an aromatic ring is 1. The van der Waals surface area contributed by atoms with Gasteiger partial charge in [0.1, 0.15) is 12.7 Å². The largest absolute Gasteiger partial charge is 0.474 e. The molecule has 0 bridgehead atoms. The number of ether oxygens (including phenoxy) is 2. The van der Waals surface area contributed by atoms with Gasteiger partial charge in [-0.2, -0.15) is 0 Å². The summed E-state index contributed by atoms with van der Waals surface area (Å²) in [5.41, 5.74) is 7.34. The van der Waals surface area contributed by atoms with Crippen molar-refractivity contribution in [2.75, 3.05) is 45.6 Å². The number of carbonyl (C=O) groups is 2. The fourth-order valence-electron chi connectivity index (χ4n) is 5.17. The van der Waals surface area contributed by atoms with Crippen molar-refractivity contribution in [2.45, 2.75) is 31.8 Å². The van der Waals surface area contributed by atoms with Gasteiger partial charge in [0.05, 0.1) is 21.9 Å². The van der Waals surface area contributed by atoms with Gasteiger partial charge < -0.3 is 25.0 Å². The molecule has 2 N–H and O–H groups in total. The molecule has 1 aromatic carbocycles. The summed E-state index contributed by atoms with van der Waals surface area (Å²) < 4.78 is 11.1. The maximum absolute atomic E-state index is 13.5. The predicted octanol–water partition coefficient (Wildman–Crippen LogP) is 3.87. The number of nitrogens with two attached hydrogens (primary N) is 1. The lowest BCUT2D eigenvalue weighted by molar-refractivity contribution is -0.142. The van der Waals surface area contributed by atoms with Crippen molar-refractivity contribution in [2.24, 2.45) is 11.8 Å². The van der Waals surface area contributed by atoms with E-state index in [2.05, 4.69) is 4.98 Å². The third-order valence-corrected chi connectivity index (χ3v) is 7.92. The van der Waals surface area contributed by atoms with Crippen molar-refractivity contribution in [1.82, 2.24) is 14.8 Å². The Morgan fingerprint density at radius 3 is 2.50 bits per heavy atom. The molecule has 2 aliphatic rings. The molecule has 2 saturated heterocycles. The van der Waals surface area contributed by atoms with E-state index in [1.165, 1.54) is 7.11 Å². The molecule has 0 aliphatic carbocycles. The molecule has 194 valence electrons. The van der Waals surface area contributed by atoms with Crippen LogP contribution in [-0.4, -0.2) is 72.6 Å². The van der Waals surface area contributed by atoms with Gasteiger partial charge in [0, 0.05) is 57.1 Å². The number of anilines is 1. The first kappa shape index (κ1) is 26.5. The zero-order chi connectivity index (χ0) is 25.8. The number of nitrogens with zero attached hydrogens (tertiary/aromatic N) is 3. The predicted molar refractivity (Wildman–Crippen MR) is 139 cm³/mol. The van der Waals surface area contributed by atoms with E-state index in [-0.39, 0.29) is 42.3 Å². The number of likely N-dealkylation sites (tertiary alicyclic amines) is 2. The first-order chi connectivity index (χ1) is 17.3. The standard InChI is InChI=1S/C26H32Cl2N4O4/c1-16(36-24-6-4-19(29)12-30-24)20-13-32(14-21(20)18-3-5-22(27)23(28)11-18)26(34)17-7-9-31(10-8-17)25(33)15-35-2/h3-6,11-12,16-17,20-21H,7-10,13-15,29H2,1-2H3/t16-,20?,21+/m0/s1. The fourth-order valence-corrected chi connectivity index (χ4v) is 5.47. The van der Waals surface area contributed by atoms with Crippen molar-refractivity contribution in [3.63, 3.8) is 0 Å². The maximum Gasteiger partial charge on any atom is 0.248 e. The van der Waals surface area contributed by atoms with E-state index in [0.29, 0.717) is 60.6 Å². The van der Waals surface area contributed by atoms with Gasteiger partial charge in [-0.1, -0.05) is 29.3 Å². The first-order valence-electron chi connectivity index (χ1n) is 12.2. The summed E-state index contributed by atoms with van der Waals surface area (Å²) in [5.74, 6) is 0.512. The highest BCUT2D eigenvalue weighted by atomic mass is 35.5. The van der Waals surface area contributed by atoms with Crippen LogP contribution in [0.15, 0.2) is 36.5 Å². The summed E-state index contributed by atoms with van der Waals surface area (Å²) >= 11 is 12.5. The summed E-state index contributed by atoms with van der Waals surface area (Å²) in [7, 11) is 1.51. The van der Waals surface area contributed by atoms with E-state index >= 15 is 0 Å². The summed E-state index contributed by atoms with van der Waals surface area (Å²) in [6.07, 6.45) is 2.64. The Morgan fingerprint density at radius 2 is 1.86 bits per heavy atom. The smallest absolute Gasteiger partial charge is 0.248 e. The SMILES string of the molecule is COCC(=O)N1CCC(C(=O)N2CC([C@H](C)Oc3ccc(N)cn3)[C@@H](c3ccc(Cl)c(Cl)c3)C2)CC1. The molecule has 0 radical (unpaired) electrons. The maximum atomic E-state index is 13.5. The number of hydrogen-bond donors (Lipinski definition) is 1. The van der Waals surface area contributed by atoms with Crippen molar-refractivity contribution in [3.05, 3.63) is 52.1 Å². The molecule has 2 amide bonds. The highest BCUT2D eigenvalue weighted by Gasteiger charge is 2.42. The second kappa shape index (κ2) is 11.7. The van der Waals surface area contributed by atoms with E-state index in [1.54, 1.807) is 29.3 Å². The Labute approximate surface area is 221 Å². The molecule has 3 heterocycles. The van der Waals surface area contributed by atoms with Gasteiger partial charge in [-0.25, -0.2) is 4.98 Å². The Hall–Kier alpha value is -2.55. The van der Waals surface area contributed by atoms with Crippen molar-refractivity contribution >= 4 is 40.7 Å². The Balaban J connectivity index is 1.48. The quantitative estimate of drug-likeness (QED) is 0.578. The molecule has 2 aromatic rings. The van der Waals surface area contributed by atoms with Crippen LogP contribution >= 0.6 is 23.2 Å². The number of benzene rings is 1.